The quantitative estimate of drug-likeness (QED) is 0.502. The van der Waals surface area contributed by atoms with Crippen molar-refractivity contribution in [3.8, 4) is 0 Å². The monoisotopic (exact) mass is 446 g/mol. The average Bonchev–Trinajstić information content (AvgIpc) is 3.28. The van der Waals surface area contributed by atoms with Gasteiger partial charge >= 0.3 is 0 Å². The van der Waals surface area contributed by atoms with Gasteiger partial charge in [0.2, 0.25) is 0 Å². The molecular formula is C28H50N2O2. The fraction of sp³-hybridized carbons (Fsp3) is 0.929. The maximum Gasteiger partial charge on any atom is 0.0486 e. The first-order valence-electron chi connectivity index (χ1n) is 13.5. The maximum atomic E-state index is 5.81. The molecule has 0 aromatic carbocycles. The summed E-state index contributed by atoms with van der Waals surface area (Å²) in [5, 5.41) is 0. The molecule has 184 valence electrons. The highest BCUT2D eigenvalue weighted by atomic mass is 16.5. The molecule has 0 saturated carbocycles. The normalized spacial score (nSPS) is 29.2. The Hall–Kier alpha value is -0.420. The van der Waals surface area contributed by atoms with Crippen LogP contribution in [0.25, 0.3) is 0 Å². The SMILES string of the molecule is CCN1CCC(C(C)(C)CCCN2CC=C(C(C)(C)C)C23CCOCC3)C12CCOCC2. The molecule has 3 saturated heterocycles. The van der Waals surface area contributed by atoms with E-state index in [0.29, 0.717) is 11.0 Å². The molecule has 0 amide bonds. The van der Waals surface area contributed by atoms with Gasteiger partial charge in [0.25, 0.3) is 0 Å². The molecule has 4 aliphatic heterocycles. The Morgan fingerprint density at radius 1 is 0.938 bits per heavy atom. The summed E-state index contributed by atoms with van der Waals surface area (Å²) in [5.41, 5.74) is 2.92. The van der Waals surface area contributed by atoms with E-state index >= 15 is 0 Å². The number of hydrogen-bond acceptors (Lipinski definition) is 4. The van der Waals surface area contributed by atoms with Crippen LogP contribution < -0.4 is 0 Å². The maximum absolute atomic E-state index is 5.81. The molecule has 32 heavy (non-hydrogen) atoms. The highest BCUT2D eigenvalue weighted by Crippen LogP contribution is 2.52. The lowest BCUT2D eigenvalue weighted by Gasteiger charge is -2.50. The molecule has 0 radical (unpaired) electrons. The Morgan fingerprint density at radius 2 is 1.56 bits per heavy atom. The zero-order valence-electron chi connectivity index (χ0n) is 22.0. The molecule has 4 heteroatoms. The van der Waals surface area contributed by atoms with E-state index in [4.69, 9.17) is 9.47 Å². The van der Waals surface area contributed by atoms with E-state index in [9.17, 15) is 0 Å². The number of rotatable bonds is 6. The molecule has 4 heterocycles. The van der Waals surface area contributed by atoms with Crippen molar-refractivity contribution >= 4 is 0 Å². The van der Waals surface area contributed by atoms with E-state index < -0.39 is 0 Å². The Labute approximate surface area is 198 Å². The molecular weight excluding hydrogens is 396 g/mol. The molecule has 4 aliphatic rings. The predicted molar refractivity (Wildman–Crippen MR) is 133 cm³/mol. The van der Waals surface area contributed by atoms with Gasteiger partial charge in [-0.25, -0.2) is 0 Å². The molecule has 0 aliphatic carbocycles. The summed E-state index contributed by atoms with van der Waals surface area (Å²) in [7, 11) is 0. The van der Waals surface area contributed by atoms with Crippen molar-refractivity contribution in [1.82, 2.24) is 9.80 Å². The van der Waals surface area contributed by atoms with Crippen LogP contribution in [0.1, 0.15) is 86.5 Å². The van der Waals surface area contributed by atoms with Crippen molar-refractivity contribution in [3.63, 3.8) is 0 Å². The van der Waals surface area contributed by atoms with Crippen molar-refractivity contribution in [3.05, 3.63) is 11.6 Å². The van der Waals surface area contributed by atoms with E-state index in [2.05, 4.69) is 57.4 Å². The van der Waals surface area contributed by atoms with Crippen LogP contribution in [0.4, 0.5) is 0 Å². The third-order valence-electron chi connectivity index (χ3n) is 9.65. The third kappa shape index (κ3) is 4.34. The van der Waals surface area contributed by atoms with Gasteiger partial charge < -0.3 is 9.47 Å². The van der Waals surface area contributed by atoms with E-state index in [1.54, 1.807) is 5.57 Å². The second-order valence-electron chi connectivity index (χ2n) is 12.7. The van der Waals surface area contributed by atoms with Gasteiger partial charge in [-0.15, -0.1) is 0 Å². The molecule has 4 nitrogen and oxygen atoms in total. The van der Waals surface area contributed by atoms with Gasteiger partial charge in [-0.3, -0.25) is 9.80 Å². The molecule has 1 unspecified atom stereocenters. The van der Waals surface area contributed by atoms with Crippen molar-refractivity contribution in [2.45, 2.75) is 97.6 Å². The smallest absolute Gasteiger partial charge is 0.0486 e. The van der Waals surface area contributed by atoms with Crippen LogP contribution in [0.5, 0.6) is 0 Å². The zero-order chi connectivity index (χ0) is 23.0. The lowest BCUT2D eigenvalue weighted by atomic mass is 9.63. The van der Waals surface area contributed by atoms with Gasteiger partial charge in [0.05, 0.1) is 0 Å². The van der Waals surface area contributed by atoms with Crippen molar-refractivity contribution in [1.29, 1.82) is 0 Å². The summed E-state index contributed by atoms with van der Waals surface area (Å²) in [6.45, 7) is 23.2. The summed E-state index contributed by atoms with van der Waals surface area (Å²) in [6.07, 6.45) is 11.3. The fourth-order valence-corrected chi connectivity index (χ4v) is 8.22. The van der Waals surface area contributed by atoms with Crippen LogP contribution in [0.2, 0.25) is 0 Å². The lowest BCUT2D eigenvalue weighted by molar-refractivity contribution is -0.0542. The lowest BCUT2D eigenvalue weighted by Crippen LogP contribution is -2.55. The van der Waals surface area contributed by atoms with E-state index in [1.807, 2.05) is 0 Å². The van der Waals surface area contributed by atoms with E-state index in [1.165, 1.54) is 51.7 Å². The summed E-state index contributed by atoms with van der Waals surface area (Å²) in [4.78, 5) is 5.63. The minimum Gasteiger partial charge on any atom is -0.381 e. The molecule has 0 N–H and O–H groups in total. The second-order valence-corrected chi connectivity index (χ2v) is 12.7. The van der Waals surface area contributed by atoms with Gasteiger partial charge in [-0.05, 0) is 86.9 Å². The van der Waals surface area contributed by atoms with E-state index in [0.717, 1.165) is 51.7 Å². The number of hydrogen-bond donors (Lipinski definition) is 0. The Kier molecular flexibility index (Phi) is 7.19. The van der Waals surface area contributed by atoms with Crippen molar-refractivity contribution in [2.24, 2.45) is 16.7 Å². The van der Waals surface area contributed by atoms with Crippen LogP contribution in [0, 0.1) is 16.7 Å². The fourth-order valence-electron chi connectivity index (χ4n) is 8.22. The number of ether oxygens (including phenoxy) is 2. The highest BCUT2D eigenvalue weighted by Gasteiger charge is 2.54. The minimum atomic E-state index is 0.244. The topological polar surface area (TPSA) is 24.9 Å². The van der Waals surface area contributed by atoms with Crippen LogP contribution in [-0.2, 0) is 9.47 Å². The Balaban J connectivity index is 1.42. The third-order valence-corrected chi connectivity index (χ3v) is 9.65. The zero-order valence-corrected chi connectivity index (χ0v) is 22.0. The summed E-state index contributed by atoms with van der Waals surface area (Å²) < 4.78 is 11.6. The second kappa shape index (κ2) is 9.32. The average molecular weight is 447 g/mol. The van der Waals surface area contributed by atoms with Gasteiger partial charge in [-0.1, -0.05) is 47.6 Å². The van der Waals surface area contributed by atoms with Crippen LogP contribution in [0.15, 0.2) is 11.6 Å². The molecule has 4 rings (SSSR count). The molecule has 0 aromatic heterocycles. The first-order valence-corrected chi connectivity index (χ1v) is 13.5. The molecule has 1 atom stereocenters. The molecule has 0 bridgehead atoms. The summed E-state index contributed by atoms with van der Waals surface area (Å²) in [5.74, 6) is 0.790. The van der Waals surface area contributed by atoms with Gasteiger partial charge in [0.15, 0.2) is 0 Å². The van der Waals surface area contributed by atoms with E-state index in [-0.39, 0.29) is 11.0 Å². The van der Waals surface area contributed by atoms with Gasteiger partial charge in [0, 0.05) is 44.1 Å². The van der Waals surface area contributed by atoms with Crippen molar-refractivity contribution < 1.29 is 9.47 Å². The molecule has 3 fully saturated rings. The number of nitrogens with zero attached hydrogens (tertiary/aromatic N) is 2. The van der Waals surface area contributed by atoms with Crippen molar-refractivity contribution in [2.75, 3.05) is 52.6 Å². The highest BCUT2D eigenvalue weighted by molar-refractivity contribution is 5.32. The number of likely N-dealkylation sites (tertiary alicyclic amines) is 1. The minimum absolute atomic E-state index is 0.244. The molecule has 0 aromatic rings. The van der Waals surface area contributed by atoms with Crippen LogP contribution >= 0.6 is 0 Å². The van der Waals surface area contributed by atoms with Crippen LogP contribution in [-0.4, -0.2) is 73.5 Å². The van der Waals surface area contributed by atoms with Crippen LogP contribution in [0.3, 0.4) is 0 Å². The van der Waals surface area contributed by atoms with Gasteiger partial charge in [0.1, 0.15) is 0 Å². The summed E-state index contributed by atoms with van der Waals surface area (Å²) >= 11 is 0. The summed E-state index contributed by atoms with van der Waals surface area (Å²) in [6, 6.07) is 0. The Morgan fingerprint density at radius 3 is 2.16 bits per heavy atom. The largest absolute Gasteiger partial charge is 0.381 e. The standard InChI is InChI=1S/C28H50N2O2/c1-7-29-17-10-24(28(29)14-21-32-22-15-28)26(5,6)11-8-16-30-18-9-23(25(2,3)4)27(30)12-19-31-20-13-27/h9,24H,7-8,10-22H2,1-6H3. The Bertz CT molecular complexity index is 665. The van der Waals surface area contributed by atoms with Gasteiger partial charge in [-0.2, -0.15) is 0 Å². The molecule has 2 spiro atoms. The first kappa shape index (κ1) is 24.7. The predicted octanol–water partition coefficient (Wildman–Crippen LogP) is 5.52. The first-order chi connectivity index (χ1) is 15.2.